The van der Waals surface area contributed by atoms with Gasteiger partial charge in [0.2, 0.25) is 0 Å². The maximum absolute atomic E-state index is 11.8. The molecule has 5 rings (SSSR count). The van der Waals surface area contributed by atoms with Gasteiger partial charge in [0, 0.05) is 25.1 Å². The first-order chi connectivity index (χ1) is 18.1. The molecule has 1 aromatic carbocycles. The van der Waals surface area contributed by atoms with E-state index in [2.05, 4.69) is 76.3 Å². The Morgan fingerprint density at radius 3 is 2.47 bits per heavy atom. The Hall–Kier alpha value is -1.77. The molecule has 3 heteroatoms. The summed E-state index contributed by atoms with van der Waals surface area (Å²) in [6.07, 6.45) is 15.4. The molecule has 0 saturated heterocycles. The maximum Gasteiger partial charge on any atom is 0.302 e. The number of fused-ring (bicyclic) bond motifs is 5. The Labute approximate surface area is 232 Å². The molecule has 3 nitrogen and oxygen atoms in total. The van der Waals surface area contributed by atoms with Crippen LogP contribution in [-0.4, -0.2) is 18.1 Å². The number of nitrogens with one attached hydrogen (secondary N) is 1. The van der Waals surface area contributed by atoms with E-state index >= 15 is 0 Å². The fourth-order valence-corrected chi connectivity index (χ4v) is 9.88. The number of esters is 1. The van der Waals surface area contributed by atoms with Crippen molar-refractivity contribution in [3.05, 3.63) is 42.0 Å². The maximum atomic E-state index is 11.8. The Balaban J connectivity index is 1.44. The third-order valence-electron chi connectivity index (χ3n) is 11.8. The van der Waals surface area contributed by atoms with Crippen molar-refractivity contribution in [2.45, 2.75) is 118 Å². The van der Waals surface area contributed by atoms with Crippen molar-refractivity contribution < 1.29 is 9.53 Å². The topological polar surface area (TPSA) is 38.3 Å². The number of anilines is 1. The largest absolute Gasteiger partial charge is 0.462 e. The van der Waals surface area contributed by atoms with E-state index in [1.807, 2.05) is 0 Å². The first kappa shape index (κ1) is 27.8. The van der Waals surface area contributed by atoms with Crippen molar-refractivity contribution >= 4 is 11.7 Å². The van der Waals surface area contributed by atoms with Gasteiger partial charge in [0.1, 0.15) is 6.10 Å². The lowest BCUT2D eigenvalue weighted by molar-refractivity contribution is -0.148. The molecule has 0 radical (unpaired) electrons. The molecule has 0 aliphatic heterocycles. The second-order valence-electron chi connectivity index (χ2n) is 14.4. The number of carbonyl (C=O) groups excluding carboxylic acids is 1. The average Bonchev–Trinajstić information content (AvgIpc) is 3.22. The predicted octanol–water partition coefficient (Wildman–Crippen LogP) is 9.05. The van der Waals surface area contributed by atoms with Gasteiger partial charge >= 0.3 is 5.97 Å². The van der Waals surface area contributed by atoms with Gasteiger partial charge in [0.15, 0.2) is 0 Å². The van der Waals surface area contributed by atoms with Crippen molar-refractivity contribution in [3.63, 3.8) is 0 Å². The zero-order valence-electron chi connectivity index (χ0n) is 25.0. The van der Waals surface area contributed by atoms with E-state index in [1.165, 1.54) is 50.6 Å². The molecule has 38 heavy (non-hydrogen) atoms. The first-order valence-corrected chi connectivity index (χ1v) is 15.8. The van der Waals surface area contributed by atoms with Crippen LogP contribution in [0.2, 0.25) is 0 Å². The van der Waals surface area contributed by atoms with Crippen LogP contribution in [-0.2, 0) is 9.53 Å². The zero-order valence-corrected chi connectivity index (χ0v) is 25.0. The smallest absolute Gasteiger partial charge is 0.302 e. The summed E-state index contributed by atoms with van der Waals surface area (Å²) >= 11 is 0. The highest BCUT2D eigenvalue weighted by Crippen LogP contribution is 2.67. The van der Waals surface area contributed by atoms with E-state index in [1.54, 1.807) is 12.5 Å². The van der Waals surface area contributed by atoms with Crippen LogP contribution in [0.25, 0.3) is 0 Å². The van der Waals surface area contributed by atoms with Crippen molar-refractivity contribution in [1.82, 2.24) is 0 Å². The second kappa shape index (κ2) is 11.0. The lowest BCUT2D eigenvalue weighted by atomic mass is 9.46. The fraction of sp³-hybridized carbons (Fsp3) is 0.743. The van der Waals surface area contributed by atoms with E-state index in [-0.39, 0.29) is 17.5 Å². The molecule has 0 bridgehead atoms. The Bertz CT molecular complexity index is 1000. The molecule has 1 aromatic rings. The predicted molar refractivity (Wildman–Crippen MR) is 158 cm³/mol. The van der Waals surface area contributed by atoms with Crippen LogP contribution in [0.5, 0.6) is 0 Å². The molecule has 4 aliphatic rings. The number of hydrogen-bond donors (Lipinski definition) is 1. The van der Waals surface area contributed by atoms with Gasteiger partial charge in [-0.15, -0.1) is 0 Å². The molecule has 4 aliphatic carbocycles. The van der Waals surface area contributed by atoms with Crippen LogP contribution in [0.4, 0.5) is 5.69 Å². The molecule has 0 aromatic heterocycles. The van der Waals surface area contributed by atoms with Crippen LogP contribution in [0.1, 0.15) is 106 Å². The molecule has 210 valence electrons. The van der Waals surface area contributed by atoms with Gasteiger partial charge in [0.25, 0.3) is 0 Å². The lowest BCUT2D eigenvalue weighted by Crippen LogP contribution is -2.56. The van der Waals surface area contributed by atoms with Crippen molar-refractivity contribution in [2.75, 3.05) is 5.32 Å². The number of ether oxygens (including phenoxy) is 1. The minimum Gasteiger partial charge on any atom is -0.462 e. The molecule has 0 spiro atoms. The molecule has 1 N–H and O–H groups in total. The molecule has 0 unspecified atom stereocenters. The number of hydrogen-bond acceptors (Lipinski definition) is 3. The number of carbonyl (C=O) groups is 1. The second-order valence-corrected chi connectivity index (χ2v) is 14.4. The SMILES string of the molecule is CC(=O)O[C@H]1CC[C@@]2(C)C(=C[C@@H](Nc3ccccc3)[C@H]3[C@@H]4CC[C@H]([C@@H](C)CCCC(C)C)[C@@]4(C)CC[C@@H]32)C1. The summed E-state index contributed by atoms with van der Waals surface area (Å²) in [6, 6.07) is 11.2. The lowest BCUT2D eigenvalue weighted by Gasteiger charge is -2.60. The molecular weight excluding hydrogens is 466 g/mol. The Morgan fingerprint density at radius 1 is 1.00 bits per heavy atom. The van der Waals surface area contributed by atoms with E-state index in [4.69, 9.17) is 4.74 Å². The van der Waals surface area contributed by atoms with Gasteiger partial charge in [-0.2, -0.15) is 0 Å². The summed E-state index contributed by atoms with van der Waals surface area (Å²) in [5, 5.41) is 4.02. The summed E-state index contributed by atoms with van der Waals surface area (Å²) in [7, 11) is 0. The minimum absolute atomic E-state index is 0.0390. The highest BCUT2D eigenvalue weighted by molar-refractivity contribution is 5.66. The standard InChI is InChI=1S/C35H53NO2/c1-23(2)11-10-12-24(3)29-15-16-30-33-31(18-20-35(29,30)6)34(5)19-17-28(38-25(4)37)21-26(34)22-32(33)36-27-13-8-7-9-14-27/h7-9,13-14,22-24,28-33,36H,10-12,15-21H2,1-6H3/t24-,28-,29+,30-,31-,32+,33-,34-,35+/m0/s1. The number of para-hydroxylation sites is 1. The van der Waals surface area contributed by atoms with Gasteiger partial charge in [-0.05, 0) is 97.0 Å². The van der Waals surface area contributed by atoms with Crippen molar-refractivity contribution in [3.8, 4) is 0 Å². The molecule has 0 amide bonds. The van der Waals surface area contributed by atoms with Crippen molar-refractivity contribution in [2.24, 2.45) is 46.3 Å². The highest BCUT2D eigenvalue weighted by Gasteiger charge is 2.61. The highest BCUT2D eigenvalue weighted by atomic mass is 16.5. The normalized spacial score (nSPS) is 39.0. The van der Waals surface area contributed by atoms with Gasteiger partial charge in [-0.1, -0.05) is 83.7 Å². The van der Waals surface area contributed by atoms with E-state index in [0.717, 1.165) is 42.9 Å². The third-order valence-corrected chi connectivity index (χ3v) is 11.8. The zero-order chi connectivity index (χ0) is 27.1. The molecule has 3 saturated carbocycles. The third kappa shape index (κ3) is 5.20. The number of rotatable bonds is 8. The molecule has 3 fully saturated rings. The quantitative estimate of drug-likeness (QED) is 0.275. The van der Waals surface area contributed by atoms with Crippen molar-refractivity contribution in [1.29, 1.82) is 0 Å². The van der Waals surface area contributed by atoms with Crippen LogP contribution >= 0.6 is 0 Å². The summed E-state index contributed by atoms with van der Waals surface area (Å²) in [5.41, 5.74) is 3.46. The minimum atomic E-state index is -0.139. The molecule has 0 heterocycles. The van der Waals surface area contributed by atoms with Gasteiger partial charge in [-0.3, -0.25) is 4.79 Å². The van der Waals surface area contributed by atoms with Gasteiger partial charge in [0.05, 0.1) is 0 Å². The van der Waals surface area contributed by atoms with E-state index in [0.29, 0.717) is 23.3 Å². The fourth-order valence-electron chi connectivity index (χ4n) is 9.88. The summed E-state index contributed by atoms with van der Waals surface area (Å²) in [4.78, 5) is 11.8. The van der Waals surface area contributed by atoms with Crippen LogP contribution in [0.3, 0.4) is 0 Å². The van der Waals surface area contributed by atoms with Crippen LogP contribution in [0, 0.1) is 46.3 Å². The van der Waals surface area contributed by atoms with E-state index in [9.17, 15) is 4.79 Å². The van der Waals surface area contributed by atoms with Crippen LogP contribution < -0.4 is 5.32 Å². The molecule has 9 atom stereocenters. The molecular formula is C35H53NO2. The average molecular weight is 520 g/mol. The summed E-state index contributed by atoms with van der Waals surface area (Å²) < 4.78 is 5.75. The van der Waals surface area contributed by atoms with Gasteiger partial charge in [-0.25, -0.2) is 0 Å². The Kier molecular flexibility index (Phi) is 8.05. The monoisotopic (exact) mass is 519 g/mol. The summed E-state index contributed by atoms with van der Waals surface area (Å²) in [6.45, 7) is 14.1. The Morgan fingerprint density at radius 2 is 1.76 bits per heavy atom. The number of benzene rings is 1. The first-order valence-electron chi connectivity index (χ1n) is 15.8. The van der Waals surface area contributed by atoms with Crippen LogP contribution in [0.15, 0.2) is 42.0 Å². The summed E-state index contributed by atoms with van der Waals surface area (Å²) in [5.74, 6) is 4.51. The van der Waals surface area contributed by atoms with Gasteiger partial charge < -0.3 is 10.1 Å². The van der Waals surface area contributed by atoms with E-state index < -0.39 is 0 Å².